The maximum absolute atomic E-state index is 13.0. The number of hydrogen-bond acceptors (Lipinski definition) is 3. The third-order valence-electron chi connectivity index (χ3n) is 7.60. The van der Waals surface area contributed by atoms with Crippen LogP contribution in [-0.4, -0.2) is 28.7 Å². The summed E-state index contributed by atoms with van der Waals surface area (Å²) >= 11 is 12.2. The molecule has 154 valence electrons. The molecule has 4 fully saturated rings. The van der Waals surface area contributed by atoms with E-state index in [0.29, 0.717) is 53.3 Å². The Labute approximate surface area is 180 Å². The molecule has 1 aromatic carbocycles. The van der Waals surface area contributed by atoms with Gasteiger partial charge >= 0.3 is 0 Å². The summed E-state index contributed by atoms with van der Waals surface area (Å²) in [5, 5.41) is 3.61. The first-order chi connectivity index (χ1) is 14.0. The van der Waals surface area contributed by atoms with Gasteiger partial charge < -0.3 is 5.32 Å². The van der Waals surface area contributed by atoms with E-state index in [9.17, 15) is 14.4 Å². The highest BCUT2D eigenvalue weighted by Crippen LogP contribution is 2.56. The molecule has 4 atom stereocenters. The van der Waals surface area contributed by atoms with Crippen molar-refractivity contribution < 1.29 is 14.4 Å². The van der Waals surface area contributed by atoms with Crippen molar-refractivity contribution in [2.75, 3.05) is 5.32 Å². The van der Waals surface area contributed by atoms with Gasteiger partial charge in [-0.2, -0.15) is 0 Å². The molecule has 1 saturated heterocycles. The van der Waals surface area contributed by atoms with Gasteiger partial charge in [0.2, 0.25) is 17.7 Å². The number of nitrogens with zero attached hydrogens (tertiary/aromatic N) is 1. The third-order valence-corrected chi connectivity index (χ3v) is 8.42. The monoisotopic (exact) mass is 434 g/mol. The molecule has 3 amide bonds. The standard InChI is InChI=1S/C22H24Cl2N2O3/c23-15-2-1-3-16(19(15)24)25-20(27)11-6-8-14(9-7-11)26-21(28)17-12-4-5-13(10-12)18(17)22(26)29/h1-3,11-14,17-18H,4-10H2,(H,25,27)/t11?,12-,13+,14?,17-,18-/m0/s1. The number of carbonyl (C=O) groups excluding carboxylic acids is 3. The van der Waals surface area contributed by atoms with Gasteiger partial charge in [-0.1, -0.05) is 29.3 Å². The van der Waals surface area contributed by atoms with E-state index >= 15 is 0 Å². The Balaban J connectivity index is 1.22. The van der Waals surface area contributed by atoms with Crippen molar-refractivity contribution in [3.05, 3.63) is 28.2 Å². The van der Waals surface area contributed by atoms with Gasteiger partial charge in [0.05, 0.1) is 27.6 Å². The molecule has 5 rings (SSSR count). The number of imide groups is 1. The molecule has 29 heavy (non-hydrogen) atoms. The number of hydrogen-bond donors (Lipinski definition) is 1. The topological polar surface area (TPSA) is 66.5 Å². The van der Waals surface area contributed by atoms with Crippen LogP contribution in [0.25, 0.3) is 0 Å². The van der Waals surface area contributed by atoms with Crippen molar-refractivity contribution in [3.8, 4) is 0 Å². The fourth-order valence-electron chi connectivity index (χ4n) is 6.22. The summed E-state index contributed by atoms with van der Waals surface area (Å²) in [7, 11) is 0. The molecule has 2 bridgehead atoms. The van der Waals surface area contributed by atoms with Gasteiger partial charge in [0, 0.05) is 12.0 Å². The van der Waals surface area contributed by atoms with E-state index < -0.39 is 0 Å². The van der Waals surface area contributed by atoms with E-state index in [0.717, 1.165) is 19.3 Å². The number of likely N-dealkylation sites (tertiary alicyclic amines) is 1. The number of anilines is 1. The lowest BCUT2D eigenvalue weighted by Gasteiger charge is -2.33. The summed E-state index contributed by atoms with van der Waals surface area (Å²) < 4.78 is 0. The number of nitrogens with one attached hydrogen (secondary N) is 1. The van der Waals surface area contributed by atoms with Crippen molar-refractivity contribution in [1.29, 1.82) is 0 Å². The van der Waals surface area contributed by atoms with Crippen LogP contribution >= 0.6 is 23.2 Å². The zero-order valence-electron chi connectivity index (χ0n) is 16.1. The zero-order chi connectivity index (χ0) is 20.3. The van der Waals surface area contributed by atoms with E-state index in [1.807, 2.05) is 0 Å². The molecule has 0 spiro atoms. The fourth-order valence-corrected chi connectivity index (χ4v) is 6.57. The Kier molecular flexibility index (Phi) is 4.86. The lowest BCUT2D eigenvalue weighted by atomic mass is 9.81. The van der Waals surface area contributed by atoms with Crippen molar-refractivity contribution in [2.45, 2.75) is 51.0 Å². The zero-order valence-corrected chi connectivity index (χ0v) is 17.6. The first-order valence-corrected chi connectivity index (χ1v) is 11.3. The Morgan fingerprint density at radius 3 is 2.17 bits per heavy atom. The lowest BCUT2D eigenvalue weighted by Crippen LogP contribution is -2.44. The average molecular weight is 435 g/mol. The summed E-state index contributed by atoms with van der Waals surface area (Å²) in [6.07, 6.45) is 5.94. The van der Waals surface area contributed by atoms with Gasteiger partial charge in [-0.25, -0.2) is 0 Å². The van der Waals surface area contributed by atoms with Gasteiger partial charge in [-0.15, -0.1) is 0 Å². The number of rotatable bonds is 3. The minimum atomic E-state index is -0.148. The van der Waals surface area contributed by atoms with Crippen LogP contribution in [0.4, 0.5) is 5.69 Å². The molecule has 0 radical (unpaired) electrons. The number of halogens is 2. The van der Waals surface area contributed by atoms with Gasteiger partial charge in [0.1, 0.15) is 0 Å². The highest BCUT2D eigenvalue weighted by molar-refractivity contribution is 6.44. The van der Waals surface area contributed by atoms with E-state index in [1.54, 1.807) is 23.1 Å². The van der Waals surface area contributed by atoms with Crippen LogP contribution in [0.5, 0.6) is 0 Å². The van der Waals surface area contributed by atoms with Crippen molar-refractivity contribution in [1.82, 2.24) is 4.90 Å². The smallest absolute Gasteiger partial charge is 0.233 e. The van der Waals surface area contributed by atoms with Crippen molar-refractivity contribution in [3.63, 3.8) is 0 Å². The Bertz CT molecular complexity index is 853. The third kappa shape index (κ3) is 3.09. The fraction of sp³-hybridized carbons (Fsp3) is 0.591. The second-order valence-electron chi connectivity index (χ2n) is 9.03. The first kappa shape index (κ1) is 19.4. The average Bonchev–Trinajstić information content (AvgIpc) is 3.39. The lowest BCUT2D eigenvalue weighted by molar-refractivity contribution is -0.144. The first-order valence-electron chi connectivity index (χ1n) is 10.6. The number of amides is 3. The van der Waals surface area contributed by atoms with Crippen LogP contribution in [0.1, 0.15) is 44.9 Å². The summed E-state index contributed by atoms with van der Waals surface area (Å²) in [6, 6.07) is 5.09. The predicted octanol–water partition coefficient (Wildman–Crippen LogP) is 4.52. The Morgan fingerprint density at radius 2 is 1.55 bits per heavy atom. The second kappa shape index (κ2) is 7.28. The quantitative estimate of drug-likeness (QED) is 0.710. The minimum Gasteiger partial charge on any atom is -0.324 e. The molecule has 3 aliphatic carbocycles. The van der Waals surface area contributed by atoms with Crippen LogP contribution in [-0.2, 0) is 14.4 Å². The van der Waals surface area contributed by atoms with Gasteiger partial charge in [0.25, 0.3) is 0 Å². The van der Waals surface area contributed by atoms with Gasteiger partial charge in [0.15, 0.2) is 0 Å². The molecule has 5 nitrogen and oxygen atoms in total. The Hall–Kier alpha value is -1.59. The largest absolute Gasteiger partial charge is 0.324 e. The highest BCUT2D eigenvalue weighted by Gasteiger charge is 2.61. The van der Waals surface area contributed by atoms with Crippen LogP contribution in [0.2, 0.25) is 10.0 Å². The van der Waals surface area contributed by atoms with E-state index in [-0.39, 0.29) is 41.5 Å². The molecule has 1 heterocycles. The van der Waals surface area contributed by atoms with Crippen LogP contribution in [0, 0.1) is 29.6 Å². The van der Waals surface area contributed by atoms with Crippen LogP contribution in [0.15, 0.2) is 18.2 Å². The summed E-state index contributed by atoms with van der Waals surface area (Å²) in [5.74, 6) is 0.592. The molecule has 0 aromatic heterocycles. The molecule has 0 unspecified atom stereocenters. The van der Waals surface area contributed by atoms with E-state index in [4.69, 9.17) is 23.2 Å². The highest BCUT2D eigenvalue weighted by atomic mass is 35.5. The number of benzene rings is 1. The number of carbonyl (C=O) groups is 3. The molecule has 1 aromatic rings. The molecule has 1 N–H and O–H groups in total. The molecule has 3 saturated carbocycles. The Morgan fingerprint density at radius 1 is 0.931 bits per heavy atom. The summed E-state index contributed by atoms with van der Waals surface area (Å²) in [5.41, 5.74) is 0.513. The van der Waals surface area contributed by atoms with Crippen LogP contribution in [0.3, 0.4) is 0 Å². The second-order valence-corrected chi connectivity index (χ2v) is 9.81. The van der Waals surface area contributed by atoms with E-state index in [1.165, 1.54) is 0 Å². The predicted molar refractivity (Wildman–Crippen MR) is 111 cm³/mol. The molecular weight excluding hydrogens is 411 g/mol. The molecule has 7 heteroatoms. The summed E-state index contributed by atoms with van der Waals surface area (Å²) in [4.78, 5) is 40.3. The SMILES string of the molecule is O=C(Nc1cccc(Cl)c1Cl)C1CCC(N2C(=O)[C@H]3[C@@H]4CC[C@@H](C4)[C@@H]3C2=O)CC1. The molecule has 4 aliphatic rings. The van der Waals surface area contributed by atoms with Crippen molar-refractivity contribution >= 4 is 46.6 Å². The maximum atomic E-state index is 13.0. The normalized spacial score (nSPS) is 35.9. The van der Waals surface area contributed by atoms with Crippen LogP contribution < -0.4 is 5.32 Å². The molecule has 1 aliphatic heterocycles. The van der Waals surface area contributed by atoms with E-state index in [2.05, 4.69) is 5.32 Å². The molecular formula is C22H24Cl2N2O3. The minimum absolute atomic E-state index is 0.0567. The van der Waals surface area contributed by atoms with Crippen molar-refractivity contribution in [2.24, 2.45) is 29.6 Å². The van der Waals surface area contributed by atoms with Gasteiger partial charge in [-0.05, 0) is 68.9 Å². The summed E-state index contributed by atoms with van der Waals surface area (Å²) in [6.45, 7) is 0. The maximum Gasteiger partial charge on any atom is 0.233 e. The van der Waals surface area contributed by atoms with Gasteiger partial charge in [-0.3, -0.25) is 19.3 Å². The number of fused-ring (bicyclic) bond motifs is 5.